The number of aromatic nitrogens is 3. The van der Waals surface area contributed by atoms with Gasteiger partial charge in [-0.15, -0.1) is 0 Å². The molecular formula is C28H34N6O3. The lowest BCUT2D eigenvalue weighted by atomic mass is 9.92. The summed E-state index contributed by atoms with van der Waals surface area (Å²) in [6, 6.07) is 16.2. The SMILES string of the molecule is COc1ccc(CNc2ncc3[nH]c(=O)n([C@@H]4CN(Cc5ccccc5)CC[C@@H]4C)c3c2N)cc1OC. The van der Waals surface area contributed by atoms with E-state index in [1.807, 2.05) is 28.8 Å². The Bertz CT molecular complexity index is 1430. The maximum Gasteiger partial charge on any atom is 0.326 e. The first-order valence-corrected chi connectivity index (χ1v) is 12.6. The number of nitrogens with zero attached hydrogens (tertiary/aromatic N) is 3. The number of imidazole rings is 1. The van der Waals surface area contributed by atoms with E-state index in [2.05, 4.69) is 51.4 Å². The van der Waals surface area contributed by atoms with Crippen molar-refractivity contribution < 1.29 is 9.47 Å². The molecule has 0 radical (unpaired) electrons. The zero-order valence-electron chi connectivity index (χ0n) is 21.5. The number of ether oxygens (including phenoxy) is 2. The summed E-state index contributed by atoms with van der Waals surface area (Å²) in [5, 5.41) is 3.33. The number of benzene rings is 2. The van der Waals surface area contributed by atoms with E-state index in [4.69, 9.17) is 15.2 Å². The Balaban J connectivity index is 1.42. The molecule has 9 nitrogen and oxygen atoms in total. The molecule has 0 spiro atoms. The summed E-state index contributed by atoms with van der Waals surface area (Å²) < 4.78 is 12.6. The minimum atomic E-state index is -0.154. The van der Waals surface area contributed by atoms with Gasteiger partial charge in [0.2, 0.25) is 0 Å². The Morgan fingerprint density at radius 3 is 2.65 bits per heavy atom. The van der Waals surface area contributed by atoms with Crippen LogP contribution in [0.25, 0.3) is 11.0 Å². The number of fused-ring (bicyclic) bond motifs is 1. The summed E-state index contributed by atoms with van der Waals surface area (Å²) in [5.74, 6) is 2.20. The Morgan fingerprint density at radius 1 is 1.11 bits per heavy atom. The van der Waals surface area contributed by atoms with E-state index in [-0.39, 0.29) is 11.7 Å². The van der Waals surface area contributed by atoms with Crippen LogP contribution in [0.4, 0.5) is 11.5 Å². The van der Waals surface area contributed by atoms with Crippen molar-refractivity contribution in [1.82, 2.24) is 19.4 Å². The first-order chi connectivity index (χ1) is 18.0. The number of anilines is 2. The molecule has 4 aromatic rings. The molecule has 1 saturated heterocycles. The zero-order valence-corrected chi connectivity index (χ0v) is 21.5. The number of nitrogens with two attached hydrogens (primary N) is 1. The second-order valence-electron chi connectivity index (χ2n) is 9.68. The minimum Gasteiger partial charge on any atom is -0.493 e. The summed E-state index contributed by atoms with van der Waals surface area (Å²) in [6.07, 6.45) is 2.68. The largest absolute Gasteiger partial charge is 0.493 e. The summed E-state index contributed by atoms with van der Waals surface area (Å²) >= 11 is 0. The second-order valence-corrected chi connectivity index (χ2v) is 9.68. The van der Waals surface area contributed by atoms with Gasteiger partial charge < -0.3 is 25.5 Å². The van der Waals surface area contributed by atoms with Crippen LogP contribution in [0.2, 0.25) is 0 Å². The molecule has 0 aliphatic carbocycles. The Hall–Kier alpha value is -3.98. The Kier molecular flexibility index (Phi) is 7.05. The molecule has 0 amide bonds. The third-order valence-corrected chi connectivity index (χ3v) is 7.28. The Morgan fingerprint density at radius 2 is 1.89 bits per heavy atom. The third-order valence-electron chi connectivity index (χ3n) is 7.28. The van der Waals surface area contributed by atoms with Crippen molar-refractivity contribution in [2.45, 2.75) is 32.5 Å². The molecule has 37 heavy (non-hydrogen) atoms. The highest BCUT2D eigenvalue weighted by atomic mass is 16.5. The van der Waals surface area contributed by atoms with E-state index >= 15 is 0 Å². The van der Waals surface area contributed by atoms with Gasteiger partial charge in [0, 0.05) is 19.6 Å². The molecule has 194 valence electrons. The number of rotatable bonds is 8. The van der Waals surface area contributed by atoms with Crippen molar-refractivity contribution in [2.24, 2.45) is 5.92 Å². The van der Waals surface area contributed by atoms with Crippen LogP contribution in [0.5, 0.6) is 11.5 Å². The maximum absolute atomic E-state index is 13.2. The topological polar surface area (TPSA) is 110 Å². The number of piperidine rings is 1. The first-order valence-electron chi connectivity index (χ1n) is 12.6. The predicted octanol–water partition coefficient (Wildman–Crippen LogP) is 4.02. The molecule has 2 atom stereocenters. The smallest absolute Gasteiger partial charge is 0.326 e. The van der Waals surface area contributed by atoms with Crippen LogP contribution < -0.4 is 26.2 Å². The van der Waals surface area contributed by atoms with Crippen molar-refractivity contribution >= 4 is 22.5 Å². The number of likely N-dealkylation sites (tertiary alicyclic amines) is 1. The third kappa shape index (κ3) is 4.99. The average Bonchev–Trinajstić information content (AvgIpc) is 3.26. The maximum atomic E-state index is 13.2. The van der Waals surface area contributed by atoms with Gasteiger partial charge in [0.1, 0.15) is 5.69 Å². The molecule has 1 aliphatic heterocycles. The van der Waals surface area contributed by atoms with Crippen LogP contribution in [0.3, 0.4) is 0 Å². The summed E-state index contributed by atoms with van der Waals surface area (Å²) in [5.41, 5.74) is 10.6. The van der Waals surface area contributed by atoms with Gasteiger partial charge in [0.15, 0.2) is 17.3 Å². The van der Waals surface area contributed by atoms with Gasteiger partial charge in [-0.3, -0.25) is 9.47 Å². The lowest BCUT2D eigenvalue weighted by Gasteiger charge is -2.37. The second kappa shape index (κ2) is 10.6. The molecule has 2 aromatic carbocycles. The molecule has 5 rings (SSSR count). The van der Waals surface area contributed by atoms with E-state index in [1.165, 1.54) is 5.56 Å². The van der Waals surface area contributed by atoms with Crippen molar-refractivity contribution in [3.8, 4) is 11.5 Å². The van der Waals surface area contributed by atoms with Gasteiger partial charge in [-0.25, -0.2) is 9.78 Å². The number of nitrogens with one attached hydrogen (secondary N) is 2. The average molecular weight is 503 g/mol. The highest BCUT2D eigenvalue weighted by Gasteiger charge is 2.31. The highest BCUT2D eigenvalue weighted by molar-refractivity contribution is 5.92. The molecule has 1 aliphatic rings. The number of hydrogen-bond donors (Lipinski definition) is 3. The molecule has 0 unspecified atom stereocenters. The normalized spacial score (nSPS) is 18.1. The van der Waals surface area contributed by atoms with E-state index < -0.39 is 0 Å². The molecule has 0 bridgehead atoms. The molecular weight excluding hydrogens is 468 g/mol. The molecule has 2 aromatic heterocycles. The lowest BCUT2D eigenvalue weighted by molar-refractivity contribution is 0.127. The fourth-order valence-corrected chi connectivity index (χ4v) is 5.21. The Labute approximate surface area is 216 Å². The molecule has 4 N–H and O–H groups in total. The van der Waals surface area contributed by atoms with Crippen molar-refractivity contribution in [2.75, 3.05) is 38.4 Å². The quantitative estimate of drug-likeness (QED) is 0.334. The molecule has 0 saturated carbocycles. The van der Waals surface area contributed by atoms with Crippen LogP contribution in [0.1, 0.15) is 30.5 Å². The van der Waals surface area contributed by atoms with E-state index in [1.54, 1.807) is 20.4 Å². The standard InChI is InChI=1S/C28H34N6O3/c1-18-11-12-33(16-19-7-5-4-6-8-19)17-22(18)34-26-21(32-28(34)35)15-31-27(25(26)29)30-14-20-9-10-23(36-2)24(13-20)37-3/h4-10,13,15,18,22H,11-12,14,16-17,29H2,1-3H3,(H,30,31)(H,32,35)/t18-,22+/m0/s1. The van der Waals surface area contributed by atoms with Gasteiger partial charge >= 0.3 is 5.69 Å². The van der Waals surface area contributed by atoms with E-state index in [0.717, 1.165) is 31.6 Å². The lowest BCUT2D eigenvalue weighted by Crippen LogP contribution is -2.42. The van der Waals surface area contributed by atoms with Gasteiger partial charge in [-0.2, -0.15) is 0 Å². The van der Waals surface area contributed by atoms with E-state index in [9.17, 15) is 4.79 Å². The zero-order chi connectivity index (χ0) is 25.9. The van der Waals surface area contributed by atoms with Crippen LogP contribution in [-0.2, 0) is 13.1 Å². The fraction of sp³-hybridized carbons (Fsp3) is 0.357. The van der Waals surface area contributed by atoms with Gasteiger partial charge in [0.25, 0.3) is 0 Å². The van der Waals surface area contributed by atoms with Crippen LogP contribution in [-0.4, -0.2) is 46.7 Å². The number of aromatic amines is 1. The predicted molar refractivity (Wildman–Crippen MR) is 146 cm³/mol. The van der Waals surface area contributed by atoms with Crippen LogP contribution >= 0.6 is 0 Å². The van der Waals surface area contributed by atoms with Crippen LogP contribution in [0.15, 0.2) is 59.5 Å². The van der Waals surface area contributed by atoms with E-state index in [0.29, 0.717) is 46.5 Å². The number of nitrogen functional groups attached to an aromatic ring is 1. The number of pyridine rings is 1. The van der Waals surface area contributed by atoms with Crippen molar-refractivity contribution in [1.29, 1.82) is 0 Å². The number of methoxy groups -OCH3 is 2. The molecule has 9 heteroatoms. The minimum absolute atomic E-state index is 0.00196. The highest BCUT2D eigenvalue weighted by Crippen LogP contribution is 2.34. The molecule has 1 fully saturated rings. The number of hydrogen-bond acceptors (Lipinski definition) is 7. The van der Waals surface area contributed by atoms with Gasteiger partial charge in [0.05, 0.1) is 37.5 Å². The first kappa shape index (κ1) is 24.7. The summed E-state index contributed by atoms with van der Waals surface area (Å²) in [6.45, 7) is 5.33. The monoisotopic (exact) mass is 502 g/mol. The summed E-state index contributed by atoms with van der Waals surface area (Å²) in [7, 11) is 3.22. The number of H-pyrrole nitrogens is 1. The van der Waals surface area contributed by atoms with Crippen molar-refractivity contribution in [3.63, 3.8) is 0 Å². The van der Waals surface area contributed by atoms with Crippen molar-refractivity contribution in [3.05, 3.63) is 76.3 Å². The fourth-order valence-electron chi connectivity index (χ4n) is 5.21. The van der Waals surface area contributed by atoms with Gasteiger partial charge in [-0.05, 0) is 42.1 Å². The summed E-state index contributed by atoms with van der Waals surface area (Å²) in [4.78, 5) is 23.1. The van der Waals surface area contributed by atoms with Gasteiger partial charge in [-0.1, -0.05) is 43.3 Å². The van der Waals surface area contributed by atoms with Crippen LogP contribution in [0, 0.1) is 5.92 Å². The molecule has 3 heterocycles.